The first-order valence-electron chi connectivity index (χ1n) is 12.9. The number of primary amides is 1. The van der Waals surface area contributed by atoms with Gasteiger partial charge in [-0.2, -0.15) is 5.10 Å². The summed E-state index contributed by atoms with van der Waals surface area (Å²) in [5.74, 6) is -0.450. The van der Waals surface area contributed by atoms with E-state index in [-0.39, 0.29) is 5.78 Å². The zero-order valence-electron chi connectivity index (χ0n) is 21.8. The third-order valence-electron chi connectivity index (χ3n) is 6.83. The molecular formula is C31H31N5O3. The molecule has 8 heteroatoms. The number of nitrogens with two attached hydrogens (primary N) is 1. The number of aromatic amines is 1. The van der Waals surface area contributed by atoms with Gasteiger partial charge in [0, 0.05) is 53.6 Å². The lowest BCUT2D eigenvalue weighted by atomic mass is 9.96. The fourth-order valence-corrected chi connectivity index (χ4v) is 4.69. The maximum absolute atomic E-state index is 13.9. The van der Waals surface area contributed by atoms with E-state index in [0.717, 1.165) is 33.2 Å². The number of hydrogen-bond acceptors (Lipinski definition) is 5. The fraction of sp³-hybridized carbons (Fsp3) is 0.194. The molecule has 0 fully saturated rings. The van der Waals surface area contributed by atoms with Crippen LogP contribution >= 0.6 is 0 Å². The molecule has 8 nitrogen and oxygen atoms in total. The van der Waals surface area contributed by atoms with E-state index in [2.05, 4.69) is 15.4 Å². The average Bonchev–Trinajstić information content (AvgIpc) is 3.61. The molecule has 5 rings (SSSR count). The molecule has 0 aliphatic carbocycles. The van der Waals surface area contributed by atoms with Gasteiger partial charge in [-0.15, -0.1) is 0 Å². The van der Waals surface area contributed by atoms with E-state index in [4.69, 9.17) is 10.5 Å². The second kappa shape index (κ2) is 11.9. The maximum atomic E-state index is 13.9. The Hall–Kier alpha value is -4.53. The van der Waals surface area contributed by atoms with Crippen LogP contribution in [0, 0.1) is 0 Å². The van der Waals surface area contributed by atoms with E-state index >= 15 is 0 Å². The van der Waals surface area contributed by atoms with Gasteiger partial charge in [-0.05, 0) is 41.3 Å². The van der Waals surface area contributed by atoms with Crippen molar-refractivity contribution in [3.63, 3.8) is 0 Å². The SMILES string of the molecule is COCCn1cc(-c2ccc3c(C(=O)[C@H](NCCc4ccc(C(N)=O)cc4)c4ccccc4)c[nH]c3c2)cn1. The van der Waals surface area contributed by atoms with Gasteiger partial charge in [0.1, 0.15) is 0 Å². The number of rotatable bonds is 12. The highest BCUT2D eigenvalue weighted by Gasteiger charge is 2.24. The number of H-pyrrole nitrogens is 1. The quantitative estimate of drug-likeness (QED) is 0.209. The lowest BCUT2D eigenvalue weighted by Crippen LogP contribution is -2.30. The molecule has 39 heavy (non-hydrogen) atoms. The van der Waals surface area contributed by atoms with Gasteiger partial charge in [0.15, 0.2) is 5.78 Å². The molecule has 0 saturated heterocycles. The summed E-state index contributed by atoms with van der Waals surface area (Å²) < 4.78 is 6.99. The van der Waals surface area contributed by atoms with E-state index in [1.165, 1.54) is 0 Å². The van der Waals surface area contributed by atoms with Crippen LogP contribution in [0.25, 0.3) is 22.0 Å². The van der Waals surface area contributed by atoms with E-state index in [9.17, 15) is 9.59 Å². The normalized spacial score (nSPS) is 12.0. The molecule has 0 bridgehead atoms. The number of carbonyl (C=O) groups excluding carboxylic acids is 2. The van der Waals surface area contributed by atoms with Gasteiger partial charge < -0.3 is 20.8 Å². The smallest absolute Gasteiger partial charge is 0.248 e. The van der Waals surface area contributed by atoms with Crippen molar-refractivity contribution in [1.29, 1.82) is 0 Å². The molecule has 0 unspecified atom stereocenters. The number of carbonyl (C=O) groups is 2. The largest absolute Gasteiger partial charge is 0.383 e. The van der Waals surface area contributed by atoms with Crippen molar-refractivity contribution in [3.8, 4) is 11.1 Å². The van der Waals surface area contributed by atoms with Crippen molar-refractivity contribution in [2.24, 2.45) is 5.73 Å². The molecule has 1 atom stereocenters. The van der Waals surface area contributed by atoms with Gasteiger partial charge >= 0.3 is 0 Å². The van der Waals surface area contributed by atoms with Crippen molar-refractivity contribution >= 4 is 22.6 Å². The first-order chi connectivity index (χ1) is 19.0. The number of amides is 1. The Morgan fingerprint density at radius 2 is 1.85 bits per heavy atom. The predicted octanol–water partition coefficient (Wildman–Crippen LogP) is 4.53. The summed E-state index contributed by atoms with van der Waals surface area (Å²) in [6.07, 6.45) is 6.32. The topological polar surface area (TPSA) is 115 Å². The van der Waals surface area contributed by atoms with Crippen LogP contribution in [-0.4, -0.2) is 46.7 Å². The van der Waals surface area contributed by atoms with Crippen molar-refractivity contribution in [3.05, 3.63) is 114 Å². The van der Waals surface area contributed by atoms with E-state index < -0.39 is 11.9 Å². The van der Waals surface area contributed by atoms with Gasteiger partial charge in [0.05, 0.1) is 25.4 Å². The van der Waals surface area contributed by atoms with Gasteiger partial charge in [0.2, 0.25) is 5.91 Å². The minimum Gasteiger partial charge on any atom is -0.383 e. The number of benzene rings is 3. The Morgan fingerprint density at radius 3 is 2.59 bits per heavy atom. The second-order valence-corrected chi connectivity index (χ2v) is 9.42. The molecule has 0 aliphatic rings. The average molecular weight is 522 g/mol. The number of nitrogens with zero attached hydrogens (tertiary/aromatic N) is 2. The Morgan fingerprint density at radius 1 is 1.05 bits per heavy atom. The minimum atomic E-state index is -0.506. The summed E-state index contributed by atoms with van der Waals surface area (Å²) in [6, 6.07) is 22.5. The summed E-state index contributed by atoms with van der Waals surface area (Å²) in [7, 11) is 1.67. The van der Waals surface area contributed by atoms with Crippen LogP contribution in [-0.2, 0) is 17.7 Å². The summed E-state index contributed by atoms with van der Waals surface area (Å²) in [6.45, 7) is 1.87. The molecule has 0 spiro atoms. The molecule has 3 aromatic carbocycles. The molecule has 1 amide bonds. The van der Waals surface area contributed by atoms with Gasteiger partial charge in [-0.1, -0.05) is 54.6 Å². The molecule has 4 N–H and O–H groups in total. The highest BCUT2D eigenvalue weighted by molar-refractivity contribution is 6.11. The molecular weight excluding hydrogens is 490 g/mol. The fourth-order valence-electron chi connectivity index (χ4n) is 4.69. The number of methoxy groups -OCH3 is 1. The summed E-state index contributed by atoms with van der Waals surface area (Å²) >= 11 is 0. The minimum absolute atomic E-state index is 0.00309. The van der Waals surface area contributed by atoms with Crippen LogP contribution in [0.1, 0.15) is 37.9 Å². The molecule has 2 aromatic heterocycles. The van der Waals surface area contributed by atoms with Crippen molar-refractivity contribution in [2.45, 2.75) is 19.0 Å². The lowest BCUT2D eigenvalue weighted by Gasteiger charge is -2.18. The van der Waals surface area contributed by atoms with E-state index in [1.54, 1.807) is 25.4 Å². The third-order valence-corrected chi connectivity index (χ3v) is 6.83. The highest BCUT2D eigenvalue weighted by atomic mass is 16.5. The zero-order chi connectivity index (χ0) is 27.2. The van der Waals surface area contributed by atoms with Crippen LogP contribution in [0.4, 0.5) is 0 Å². The Kier molecular flexibility index (Phi) is 7.96. The van der Waals surface area contributed by atoms with Gasteiger partial charge in [0.25, 0.3) is 0 Å². The van der Waals surface area contributed by atoms with Crippen LogP contribution < -0.4 is 11.1 Å². The number of ether oxygens (including phenoxy) is 1. The first kappa shape index (κ1) is 26.1. The zero-order valence-corrected chi connectivity index (χ0v) is 21.8. The summed E-state index contributed by atoms with van der Waals surface area (Å²) in [4.78, 5) is 28.5. The van der Waals surface area contributed by atoms with Crippen LogP contribution in [0.3, 0.4) is 0 Å². The lowest BCUT2D eigenvalue weighted by molar-refractivity contribution is 0.0943. The van der Waals surface area contributed by atoms with E-state index in [1.807, 2.05) is 77.7 Å². The number of aromatic nitrogens is 3. The molecule has 198 valence electrons. The number of nitrogens with one attached hydrogen (secondary N) is 2. The number of hydrogen-bond donors (Lipinski definition) is 3. The Bertz CT molecular complexity index is 1570. The molecule has 0 aliphatic heterocycles. The van der Waals surface area contributed by atoms with Crippen LogP contribution in [0.5, 0.6) is 0 Å². The Labute approximate surface area is 226 Å². The van der Waals surface area contributed by atoms with Crippen LogP contribution in [0.2, 0.25) is 0 Å². The number of ketones is 1. The highest BCUT2D eigenvalue weighted by Crippen LogP contribution is 2.29. The first-order valence-corrected chi connectivity index (χ1v) is 12.9. The van der Waals surface area contributed by atoms with Gasteiger partial charge in [-0.3, -0.25) is 14.3 Å². The maximum Gasteiger partial charge on any atom is 0.248 e. The standard InChI is InChI=1S/C31H31N5O3/c1-39-16-15-36-20-25(18-35-36)24-11-12-26-27(19-34-28(26)17-24)30(37)29(22-5-3-2-4-6-22)33-14-13-21-7-9-23(10-8-21)31(32)38/h2-12,17-20,29,33-34H,13-16H2,1H3,(H2,32,38)/t29-/m1/s1. The van der Waals surface area contributed by atoms with Crippen molar-refractivity contribution in [2.75, 3.05) is 20.3 Å². The second-order valence-electron chi connectivity index (χ2n) is 9.42. The third kappa shape index (κ3) is 5.98. The molecule has 0 radical (unpaired) electrons. The Balaban J connectivity index is 1.35. The molecule has 0 saturated carbocycles. The van der Waals surface area contributed by atoms with Crippen molar-refractivity contribution < 1.29 is 14.3 Å². The summed E-state index contributed by atoms with van der Waals surface area (Å²) in [5.41, 5.74) is 11.3. The molecule has 5 aromatic rings. The monoisotopic (exact) mass is 521 g/mol. The van der Waals surface area contributed by atoms with Gasteiger partial charge in [-0.25, -0.2) is 0 Å². The summed E-state index contributed by atoms with van der Waals surface area (Å²) in [5, 5.41) is 8.74. The van der Waals surface area contributed by atoms with Crippen LogP contribution in [0.15, 0.2) is 91.4 Å². The van der Waals surface area contributed by atoms with E-state index in [0.29, 0.717) is 37.2 Å². The number of fused-ring (bicyclic) bond motifs is 1. The predicted molar refractivity (Wildman–Crippen MR) is 152 cm³/mol. The molecule has 2 heterocycles. The van der Waals surface area contributed by atoms with Crippen molar-refractivity contribution in [1.82, 2.24) is 20.1 Å². The number of Topliss-reactive ketones (excluding diaryl/α,β-unsaturated/α-hetero) is 1.